The molecule has 9 heteroatoms. The molecule has 2 atom stereocenters. The fraction of sp³-hybridized carbons (Fsp3) is 0.400. The maximum absolute atomic E-state index is 14.4. The summed E-state index contributed by atoms with van der Waals surface area (Å²) in [5, 5.41) is 5.68. The summed E-state index contributed by atoms with van der Waals surface area (Å²) in [5.74, 6) is -0.699. The van der Waals surface area contributed by atoms with Crippen molar-refractivity contribution in [3.63, 3.8) is 0 Å². The van der Waals surface area contributed by atoms with Crippen molar-refractivity contribution in [2.24, 2.45) is 5.92 Å². The highest BCUT2D eigenvalue weighted by atomic mass is 35.5. The molecule has 2 heterocycles. The lowest BCUT2D eigenvalue weighted by molar-refractivity contribution is -0.140. The second-order valence-electron chi connectivity index (χ2n) is 8.92. The highest BCUT2D eigenvalue weighted by Crippen LogP contribution is 2.35. The average molecular weight is 488 g/mol. The van der Waals surface area contributed by atoms with E-state index in [0.29, 0.717) is 42.3 Å². The maximum Gasteiger partial charge on any atom is 0.322 e. The van der Waals surface area contributed by atoms with Crippen molar-refractivity contribution >= 4 is 29.4 Å². The van der Waals surface area contributed by atoms with Crippen LogP contribution in [0.25, 0.3) is 0 Å². The molecule has 0 bridgehead atoms. The van der Waals surface area contributed by atoms with E-state index in [1.54, 1.807) is 48.2 Å². The summed E-state index contributed by atoms with van der Waals surface area (Å²) in [6.45, 7) is 4.37. The minimum atomic E-state index is -1.25. The van der Waals surface area contributed by atoms with Crippen LogP contribution < -0.4 is 15.4 Å². The zero-order valence-electron chi connectivity index (χ0n) is 19.1. The molecule has 34 heavy (non-hydrogen) atoms. The van der Waals surface area contributed by atoms with E-state index in [9.17, 15) is 18.8 Å². The van der Waals surface area contributed by atoms with Gasteiger partial charge in [-0.25, -0.2) is 9.18 Å². The number of nitrogens with zero attached hydrogens (tertiary/aromatic N) is 1. The molecule has 2 fully saturated rings. The summed E-state index contributed by atoms with van der Waals surface area (Å²) in [4.78, 5) is 39.6. The van der Waals surface area contributed by atoms with Crippen LogP contribution in [0.4, 0.5) is 9.18 Å². The highest BCUT2D eigenvalue weighted by molar-refractivity contribution is 6.30. The third-order valence-corrected chi connectivity index (χ3v) is 6.92. The number of likely N-dealkylation sites (tertiary alicyclic amines) is 1. The van der Waals surface area contributed by atoms with Crippen LogP contribution in [-0.4, -0.2) is 47.5 Å². The maximum atomic E-state index is 14.4. The molecule has 2 aliphatic rings. The Bertz CT molecular complexity index is 1120. The number of aryl methyl sites for hydroxylation is 1. The molecule has 2 saturated heterocycles. The standard InChI is InChI=1S/C25H27ClFN3O4/c1-15-13-19(26)7-8-21(15)34-16(2)22(31)30-11-9-18(10-12-30)25(23(32)28-24(33)29-25)14-17-5-3-4-6-20(17)27/h3-8,13,16,18H,9-12,14H2,1-2H3,(H2,28,29,32,33)/t16-,25-/m0/s1. The van der Waals surface area contributed by atoms with Crippen LogP contribution in [0.15, 0.2) is 42.5 Å². The van der Waals surface area contributed by atoms with E-state index in [0.717, 1.165) is 5.56 Å². The number of halogens is 2. The molecule has 2 aliphatic heterocycles. The SMILES string of the molecule is Cc1cc(Cl)ccc1O[C@@H](C)C(=O)N1CCC([C@]2(Cc3ccccc3F)NC(=O)NC2=O)CC1. The topological polar surface area (TPSA) is 87.7 Å². The first-order valence-electron chi connectivity index (χ1n) is 11.3. The molecule has 0 aliphatic carbocycles. The number of carbonyl (C=O) groups is 3. The Kier molecular flexibility index (Phi) is 6.79. The molecule has 4 amide bonds. The first kappa shape index (κ1) is 24.0. The van der Waals surface area contributed by atoms with Gasteiger partial charge >= 0.3 is 6.03 Å². The van der Waals surface area contributed by atoms with E-state index >= 15 is 0 Å². The molecule has 2 aromatic rings. The molecule has 2 aromatic carbocycles. The first-order valence-corrected chi connectivity index (χ1v) is 11.7. The molecule has 0 radical (unpaired) electrons. The van der Waals surface area contributed by atoms with E-state index in [2.05, 4.69) is 10.6 Å². The number of imide groups is 1. The molecule has 2 N–H and O–H groups in total. The minimum Gasteiger partial charge on any atom is -0.481 e. The number of rotatable bonds is 6. The molecule has 0 saturated carbocycles. The van der Waals surface area contributed by atoms with Crippen LogP contribution in [0.5, 0.6) is 5.75 Å². The number of nitrogens with one attached hydrogen (secondary N) is 2. The number of hydrogen-bond donors (Lipinski definition) is 2. The van der Waals surface area contributed by atoms with Crippen LogP contribution in [0.3, 0.4) is 0 Å². The van der Waals surface area contributed by atoms with Gasteiger partial charge in [-0.1, -0.05) is 29.8 Å². The van der Waals surface area contributed by atoms with Gasteiger partial charge in [0.2, 0.25) is 0 Å². The summed E-state index contributed by atoms with van der Waals surface area (Å²) >= 11 is 5.99. The third-order valence-electron chi connectivity index (χ3n) is 6.69. The van der Waals surface area contributed by atoms with Crippen LogP contribution in [0.1, 0.15) is 30.9 Å². The summed E-state index contributed by atoms with van der Waals surface area (Å²) in [5.41, 5.74) is -0.0561. The van der Waals surface area contributed by atoms with Crippen molar-refractivity contribution in [3.8, 4) is 5.75 Å². The van der Waals surface area contributed by atoms with E-state index in [1.807, 2.05) is 6.92 Å². The third kappa shape index (κ3) is 4.73. The summed E-state index contributed by atoms with van der Waals surface area (Å²) in [6.07, 6.45) is 0.324. The normalized spacial score (nSPS) is 21.7. The van der Waals surface area contributed by atoms with Gasteiger partial charge in [0.25, 0.3) is 11.8 Å². The predicted molar refractivity (Wildman–Crippen MR) is 125 cm³/mol. The van der Waals surface area contributed by atoms with Gasteiger partial charge in [0.15, 0.2) is 6.10 Å². The number of ether oxygens (including phenoxy) is 1. The number of carbonyl (C=O) groups excluding carboxylic acids is 3. The van der Waals surface area contributed by atoms with Crippen molar-refractivity contribution in [2.45, 2.75) is 44.8 Å². The van der Waals surface area contributed by atoms with E-state index in [1.165, 1.54) is 6.07 Å². The van der Waals surface area contributed by atoms with Crippen molar-refractivity contribution < 1.29 is 23.5 Å². The van der Waals surface area contributed by atoms with E-state index in [-0.39, 0.29) is 18.2 Å². The minimum absolute atomic E-state index is 0.0468. The Morgan fingerprint density at radius 1 is 1.24 bits per heavy atom. The summed E-state index contributed by atoms with van der Waals surface area (Å²) in [7, 11) is 0. The number of urea groups is 1. The molecule has 4 rings (SSSR count). The lowest BCUT2D eigenvalue weighted by Crippen LogP contribution is -2.58. The van der Waals surface area contributed by atoms with Gasteiger partial charge in [0.05, 0.1) is 0 Å². The monoisotopic (exact) mass is 487 g/mol. The van der Waals surface area contributed by atoms with Gasteiger partial charge in [-0.2, -0.15) is 0 Å². The van der Waals surface area contributed by atoms with Gasteiger partial charge < -0.3 is 15.0 Å². The van der Waals surface area contributed by atoms with Gasteiger partial charge in [-0.3, -0.25) is 14.9 Å². The molecular formula is C25H27ClFN3O4. The Balaban J connectivity index is 1.44. The Labute approximate surface area is 202 Å². The lowest BCUT2D eigenvalue weighted by Gasteiger charge is -2.41. The molecule has 7 nitrogen and oxygen atoms in total. The smallest absolute Gasteiger partial charge is 0.322 e. The lowest BCUT2D eigenvalue weighted by atomic mass is 9.74. The van der Waals surface area contributed by atoms with Crippen molar-refractivity contribution in [1.82, 2.24) is 15.5 Å². The van der Waals surface area contributed by atoms with Crippen LogP contribution in [0, 0.1) is 18.7 Å². The number of hydrogen-bond acceptors (Lipinski definition) is 4. The van der Waals surface area contributed by atoms with Gasteiger partial charge in [-0.15, -0.1) is 0 Å². The molecule has 0 aromatic heterocycles. The van der Waals surface area contributed by atoms with Crippen LogP contribution >= 0.6 is 11.6 Å². The van der Waals surface area contributed by atoms with E-state index in [4.69, 9.17) is 16.3 Å². The fourth-order valence-corrected chi connectivity index (χ4v) is 5.07. The van der Waals surface area contributed by atoms with E-state index < -0.39 is 29.4 Å². The summed E-state index contributed by atoms with van der Waals surface area (Å²) < 4.78 is 20.2. The first-order chi connectivity index (χ1) is 16.2. The fourth-order valence-electron chi connectivity index (χ4n) is 4.84. The highest BCUT2D eigenvalue weighted by Gasteiger charge is 2.52. The van der Waals surface area contributed by atoms with Crippen molar-refractivity contribution in [2.75, 3.05) is 13.1 Å². The summed E-state index contributed by atoms with van der Waals surface area (Å²) in [6, 6.07) is 10.9. The second-order valence-corrected chi connectivity index (χ2v) is 9.35. The zero-order chi connectivity index (χ0) is 24.5. The van der Waals surface area contributed by atoms with Gasteiger partial charge in [-0.05, 0) is 68.0 Å². The Morgan fingerprint density at radius 3 is 2.56 bits per heavy atom. The van der Waals surface area contributed by atoms with Gasteiger partial charge in [0, 0.05) is 24.5 Å². The van der Waals surface area contributed by atoms with Crippen molar-refractivity contribution in [1.29, 1.82) is 0 Å². The Hall–Kier alpha value is -3.13. The Morgan fingerprint density at radius 2 is 1.94 bits per heavy atom. The largest absolute Gasteiger partial charge is 0.481 e. The second kappa shape index (κ2) is 9.62. The van der Waals surface area contributed by atoms with Crippen LogP contribution in [0.2, 0.25) is 5.02 Å². The molecule has 180 valence electrons. The quantitative estimate of drug-likeness (QED) is 0.609. The average Bonchev–Trinajstić information content (AvgIpc) is 3.10. The van der Waals surface area contributed by atoms with Crippen molar-refractivity contribution in [3.05, 3.63) is 64.4 Å². The van der Waals surface area contributed by atoms with Gasteiger partial charge in [0.1, 0.15) is 17.1 Å². The number of amides is 4. The number of benzene rings is 2. The molecule has 0 unspecified atom stereocenters. The van der Waals surface area contributed by atoms with Crippen LogP contribution in [-0.2, 0) is 16.0 Å². The molecular weight excluding hydrogens is 461 g/mol. The molecule has 0 spiro atoms. The zero-order valence-corrected chi connectivity index (χ0v) is 19.8. The number of piperidine rings is 1. The predicted octanol–water partition coefficient (Wildman–Crippen LogP) is 3.61.